The van der Waals surface area contributed by atoms with Gasteiger partial charge in [-0.15, -0.1) is 0 Å². The van der Waals surface area contributed by atoms with Crippen molar-refractivity contribution in [3.63, 3.8) is 0 Å². The van der Waals surface area contributed by atoms with E-state index in [-0.39, 0.29) is 23.0 Å². The van der Waals surface area contributed by atoms with Gasteiger partial charge in [-0.05, 0) is 35.0 Å². The lowest BCUT2D eigenvalue weighted by molar-refractivity contribution is -0.137. The van der Waals surface area contributed by atoms with Crippen LogP contribution in [-0.2, 0) is 4.79 Å². The summed E-state index contributed by atoms with van der Waals surface area (Å²) in [5.74, 6) is -2.12. The lowest BCUT2D eigenvalue weighted by Crippen LogP contribution is -2.33. The van der Waals surface area contributed by atoms with Crippen LogP contribution in [0.15, 0.2) is 22.7 Å². The fourth-order valence-electron chi connectivity index (χ4n) is 1.47. The molecule has 0 unspecified atom stereocenters. The predicted molar refractivity (Wildman–Crippen MR) is 67.9 cm³/mol. The summed E-state index contributed by atoms with van der Waals surface area (Å²) in [5.41, 5.74) is -0.0587. The quantitative estimate of drug-likeness (QED) is 0.907. The van der Waals surface area contributed by atoms with E-state index in [9.17, 15) is 14.0 Å². The number of aliphatic carboxylic acids is 1. The molecule has 0 aromatic heterocycles. The van der Waals surface area contributed by atoms with E-state index in [2.05, 4.69) is 15.9 Å². The lowest BCUT2D eigenvalue weighted by Gasteiger charge is -2.20. The van der Waals surface area contributed by atoms with Gasteiger partial charge in [0.15, 0.2) is 0 Å². The molecule has 1 aromatic carbocycles. The first-order valence-electron chi connectivity index (χ1n) is 5.42. The summed E-state index contributed by atoms with van der Waals surface area (Å²) in [4.78, 5) is 23.8. The van der Waals surface area contributed by atoms with E-state index in [1.54, 1.807) is 13.0 Å². The fourth-order valence-corrected chi connectivity index (χ4v) is 1.84. The molecule has 6 heteroatoms. The summed E-state index contributed by atoms with van der Waals surface area (Å²) < 4.78 is 13.9. The van der Waals surface area contributed by atoms with Crippen LogP contribution in [0.2, 0.25) is 0 Å². The summed E-state index contributed by atoms with van der Waals surface area (Å²) in [5, 5.41) is 8.59. The minimum Gasteiger partial charge on any atom is -0.481 e. The van der Waals surface area contributed by atoms with Crippen LogP contribution in [0.25, 0.3) is 0 Å². The second-order valence-electron chi connectivity index (χ2n) is 3.63. The Balaban J connectivity index is 2.89. The Kier molecular flexibility index (Phi) is 5.27. The molecule has 0 fully saturated rings. The number of nitrogens with zero attached hydrogens (tertiary/aromatic N) is 1. The van der Waals surface area contributed by atoms with Crippen LogP contribution in [0.4, 0.5) is 4.39 Å². The van der Waals surface area contributed by atoms with Crippen molar-refractivity contribution in [2.45, 2.75) is 13.3 Å². The molecule has 0 saturated carbocycles. The maximum atomic E-state index is 13.7. The Morgan fingerprint density at radius 1 is 1.44 bits per heavy atom. The van der Waals surface area contributed by atoms with Gasteiger partial charge in [-0.2, -0.15) is 0 Å². The number of carboxylic acid groups (broad SMARTS) is 1. The number of hydrogen-bond donors (Lipinski definition) is 1. The molecule has 4 nitrogen and oxygen atoms in total. The minimum absolute atomic E-state index is 0.0587. The van der Waals surface area contributed by atoms with Crippen LogP contribution in [-0.4, -0.2) is 35.0 Å². The Morgan fingerprint density at radius 3 is 2.67 bits per heavy atom. The molecule has 1 aromatic rings. The zero-order valence-corrected chi connectivity index (χ0v) is 11.4. The highest BCUT2D eigenvalue weighted by Crippen LogP contribution is 2.19. The zero-order valence-electron chi connectivity index (χ0n) is 9.82. The van der Waals surface area contributed by atoms with E-state index in [4.69, 9.17) is 5.11 Å². The van der Waals surface area contributed by atoms with Gasteiger partial charge in [-0.1, -0.05) is 6.07 Å². The van der Waals surface area contributed by atoms with Crippen molar-refractivity contribution >= 4 is 27.8 Å². The molecule has 0 heterocycles. The third-order valence-corrected chi connectivity index (χ3v) is 3.06. The molecular formula is C12H13BrFNO3. The molecule has 1 amide bonds. The number of amides is 1. The molecule has 0 aliphatic heterocycles. The highest BCUT2D eigenvalue weighted by Gasteiger charge is 2.19. The first kappa shape index (κ1) is 14.6. The zero-order chi connectivity index (χ0) is 13.7. The highest BCUT2D eigenvalue weighted by molar-refractivity contribution is 9.10. The topological polar surface area (TPSA) is 57.6 Å². The van der Waals surface area contributed by atoms with Crippen molar-refractivity contribution in [1.82, 2.24) is 4.90 Å². The highest BCUT2D eigenvalue weighted by atomic mass is 79.9. The minimum atomic E-state index is -0.990. The first-order chi connectivity index (χ1) is 8.47. The van der Waals surface area contributed by atoms with Crippen molar-refractivity contribution in [3.05, 3.63) is 34.1 Å². The van der Waals surface area contributed by atoms with Gasteiger partial charge in [-0.25, -0.2) is 4.39 Å². The van der Waals surface area contributed by atoms with Gasteiger partial charge in [0, 0.05) is 13.1 Å². The van der Waals surface area contributed by atoms with Crippen molar-refractivity contribution in [1.29, 1.82) is 0 Å². The molecule has 0 saturated heterocycles. The van der Waals surface area contributed by atoms with Crippen LogP contribution in [0.1, 0.15) is 23.7 Å². The smallest absolute Gasteiger partial charge is 0.305 e. The van der Waals surface area contributed by atoms with Gasteiger partial charge in [0.2, 0.25) is 0 Å². The molecule has 1 rings (SSSR count). The van der Waals surface area contributed by atoms with Gasteiger partial charge in [0.1, 0.15) is 5.82 Å². The number of rotatable bonds is 5. The summed E-state index contributed by atoms with van der Waals surface area (Å²) >= 11 is 3.01. The molecule has 0 aliphatic carbocycles. The first-order valence-corrected chi connectivity index (χ1v) is 6.21. The molecule has 0 radical (unpaired) electrons. The Morgan fingerprint density at radius 2 is 2.11 bits per heavy atom. The Hall–Kier alpha value is -1.43. The number of benzene rings is 1. The van der Waals surface area contributed by atoms with Crippen LogP contribution in [0.3, 0.4) is 0 Å². The maximum absolute atomic E-state index is 13.7. The van der Waals surface area contributed by atoms with Crippen LogP contribution in [0, 0.1) is 5.82 Å². The van der Waals surface area contributed by atoms with Crippen molar-refractivity contribution in [3.8, 4) is 0 Å². The summed E-state index contributed by atoms with van der Waals surface area (Å²) in [6.45, 7) is 2.12. The Labute approximate surface area is 113 Å². The van der Waals surface area contributed by atoms with Gasteiger partial charge in [-0.3, -0.25) is 9.59 Å². The van der Waals surface area contributed by atoms with Crippen molar-refractivity contribution in [2.75, 3.05) is 13.1 Å². The molecule has 0 atom stereocenters. The standard InChI is InChI=1S/C12H13BrFNO3/c1-2-15(7-6-10(16)17)12(18)8-4-3-5-9(13)11(8)14/h3-5H,2,6-7H2,1H3,(H,16,17). The lowest BCUT2D eigenvalue weighted by atomic mass is 10.2. The van der Waals surface area contributed by atoms with E-state index in [0.717, 1.165) is 0 Å². The molecular weight excluding hydrogens is 305 g/mol. The number of halogens is 2. The third kappa shape index (κ3) is 3.53. The van der Waals surface area contributed by atoms with Crippen molar-refractivity contribution < 1.29 is 19.1 Å². The average Bonchev–Trinajstić information content (AvgIpc) is 2.32. The fraction of sp³-hybridized carbons (Fsp3) is 0.333. The van der Waals surface area contributed by atoms with Crippen LogP contribution >= 0.6 is 15.9 Å². The normalized spacial score (nSPS) is 10.2. The molecule has 0 spiro atoms. The monoisotopic (exact) mass is 317 g/mol. The van der Waals surface area contributed by atoms with Crippen LogP contribution < -0.4 is 0 Å². The second kappa shape index (κ2) is 6.49. The van der Waals surface area contributed by atoms with E-state index < -0.39 is 17.7 Å². The van der Waals surface area contributed by atoms with E-state index in [1.807, 2.05) is 0 Å². The number of carbonyl (C=O) groups excluding carboxylic acids is 1. The average molecular weight is 318 g/mol. The molecule has 0 aliphatic rings. The predicted octanol–water partition coefficient (Wildman–Crippen LogP) is 2.53. The number of carboxylic acids is 1. The second-order valence-corrected chi connectivity index (χ2v) is 4.48. The van der Waals surface area contributed by atoms with Crippen molar-refractivity contribution in [2.24, 2.45) is 0 Å². The molecule has 18 heavy (non-hydrogen) atoms. The van der Waals surface area contributed by atoms with Gasteiger partial charge < -0.3 is 10.0 Å². The summed E-state index contributed by atoms with van der Waals surface area (Å²) in [6, 6.07) is 4.44. The van der Waals surface area contributed by atoms with Gasteiger partial charge >= 0.3 is 5.97 Å². The van der Waals surface area contributed by atoms with Gasteiger partial charge in [0.25, 0.3) is 5.91 Å². The Bertz CT molecular complexity index is 465. The SMILES string of the molecule is CCN(CCC(=O)O)C(=O)c1cccc(Br)c1F. The molecule has 0 bridgehead atoms. The summed E-state index contributed by atoms with van der Waals surface area (Å²) in [6.07, 6.45) is -0.158. The van der Waals surface area contributed by atoms with E-state index in [1.165, 1.54) is 17.0 Å². The number of hydrogen-bond acceptors (Lipinski definition) is 2. The number of carbonyl (C=O) groups is 2. The third-order valence-electron chi connectivity index (χ3n) is 2.45. The summed E-state index contributed by atoms with van der Waals surface area (Å²) in [7, 11) is 0. The maximum Gasteiger partial charge on any atom is 0.305 e. The van der Waals surface area contributed by atoms with Gasteiger partial charge in [0.05, 0.1) is 16.5 Å². The van der Waals surface area contributed by atoms with Crippen LogP contribution in [0.5, 0.6) is 0 Å². The molecule has 1 N–H and O–H groups in total. The molecule has 98 valence electrons. The van der Waals surface area contributed by atoms with E-state index >= 15 is 0 Å². The largest absolute Gasteiger partial charge is 0.481 e. The van der Waals surface area contributed by atoms with E-state index in [0.29, 0.717) is 6.54 Å².